The van der Waals surface area contributed by atoms with Crippen LogP contribution in [0.4, 0.5) is 0 Å². The largest absolute Gasteiger partial charge is 0.472 e. The van der Waals surface area contributed by atoms with Crippen LogP contribution < -0.4 is 0 Å². The van der Waals surface area contributed by atoms with Gasteiger partial charge in [0, 0.05) is 25.7 Å². The molecule has 5 atom stereocenters. The monoisotopic (exact) mass is 1540 g/mol. The van der Waals surface area contributed by atoms with E-state index in [1.165, 1.54) is 0 Å². The van der Waals surface area contributed by atoms with Crippen LogP contribution in [-0.4, -0.2) is 96.7 Å². The van der Waals surface area contributed by atoms with Gasteiger partial charge in [-0.3, -0.25) is 37.3 Å². The molecule has 0 aliphatic heterocycles. The molecular weight excluding hydrogens is 1400 g/mol. The second-order valence-electron chi connectivity index (χ2n) is 25.5. The molecule has 0 aromatic rings. The van der Waals surface area contributed by atoms with Crippen molar-refractivity contribution in [2.24, 2.45) is 0 Å². The molecule has 0 fully saturated rings. The number of hydrogen-bond acceptors (Lipinski definition) is 15. The maximum Gasteiger partial charge on any atom is 0.472 e. The zero-order valence-electron chi connectivity index (χ0n) is 66.2. The summed E-state index contributed by atoms with van der Waals surface area (Å²) in [6.07, 6.45) is 99.4. The number of carbonyl (C=O) groups is 4. The second kappa shape index (κ2) is 78.5. The minimum absolute atomic E-state index is 0.0191. The van der Waals surface area contributed by atoms with Gasteiger partial charge in [-0.1, -0.05) is 279 Å². The Morgan fingerprint density at radius 3 is 0.796 bits per heavy atom. The summed E-state index contributed by atoms with van der Waals surface area (Å²) in [5, 5.41) is 10.6. The number of allylic oxidation sites excluding steroid dienone is 36. The number of phosphoric acid groups is 2. The summed E-state index contributed by atoms with van der Waals surface area (Å²) in [6.45, 7) is 4.17. The average molecular weight is 1540 g/mol. The zero-order valence-corrected chi connectivity index (χ0v) is 68.0. The standard InChI is InChI=1S/C89H138O17P2/c1-5-9-13-17-21-25-29-33-37-40-41-44-47-50-54-58-62-66-70-74-87(92)100-80-85(106-89(94)76-72-68-64-60-56-52-48-43-39-35-31-27-23-19-15-11-7-3)82-104-108(97,98)102-78-83(90)77-101-107(95,96)103-81-84(105-88(93)75-71-67-63-59-55-51-45-36-32-28-24-20-16-12-8-4)79-99-86(91)73-69-65-61-57-53-49-46-42-38-34-30-26-22-18-14-10-6-2/h9-16,21-28,33-39,41,44-46,49-50,54-55,57,59,61-62,66,83-85,90H,5-8,17-20,29-32,40,42-43,47-48,51-53,56,58,60,63-65,67-82H2,1-4H3,(H,95,96)(H,97,98)/b13-9-,14-10-,15-11-,16-12-,25-21-,26-22-,27-23-,28-24-,37-33-,38-34-,39-35-,44-41-,45-36-,49-46-,54-50-,59-55-,61-57-,66-62-. The number of hydrogen-bond donors (Lipinski definition) is 3. The lowest BCUT2D eigenvalue weighted by atomic mass is 10.1. The van der Waals surface area contributed by atoms with Gasteiger partial charge in [-0.05, 0) is 173 Å². The topological polar surface area (TPSA) is 237 Å². The van der Waals surface area contributed by atoms with E-state index in [9.17, 15) is 43.2 Å². The lowest BCUT2D eigenvalue weighted by Gasteiger charge is -2.21. The van der Waals surface area contributed by atoms with E-state index in [0.717, 1.165) is 161 Å². The van der Waals surface area contributed by atoms with Crippen molar-refractivity contribution >= 4 is 39.5 Å². The third-order valence-electron chi connectivity index (χ3n) is 15.4. The molecule has 0 aliphatic rings. The maximum atomic E-state index is 13.1. The van der Waals surface area contributed by atoms with E-state index in [2.05, 4.69) is 210 Å². The highest BCUT2D eigenvalue weighted by Gasteiger charge is 2.30. The molecule has 0 rings (SSSR count). The number of carbonyl (C=O) groups excluding carboxylic acids is 4. The smallest absolute Gasteiger partial charge is 0.462 e. The van der Waals surface area contributed by atoms with E-state index in [-0.39, 0.29) is 25.7 Å². The van der Waals surface area contributed by atoms with E-state index < -0.39 is 97.5 Å². The molecule has 606 valence electrons. The van der Waals surface area contributed by atoms with Crippen molar-refractivity contribution in [3.8, 4) is 0 Å². The molecule has 0 amide bonds. The molecule has 0 aromatic heterocycles. The summed E-state index contributed by atoms with van der Waals surface area (Å²) in [6, 6.07) is 0. The summed E-state index contributed by atoms with van der Waals surface area (Å²) < 4.78 is 68.4. The summed E-state index contributed by atoms with van der Waals surface area (Å²) in [4.78, 5) is 73.0. The van der Waals surface area contributed by atoms with Crippen LogP contribution in [0.2, 0.25) is 0 Å². The van der Waals surface area contributed by atoms with Crippen LogP contribution in [-0.2, 0) is 65.4 Å². The number of rotatable bonds is 72. The first kappa shape index (κ1) is 101. The molecule has 0 radical (unpaired) electrons. The number of ether oxygens (including phenoxy) is 4. The van der Waals surface area contributed by atoms with Gasteiger partial charge in [0.15, 0.2) is 12.2 Å². The highest BCUT2D eigenvalue weighted by Crippen LogP contribution is 2.45. The van der Waals surface area contributed by atoms with E-state index in [1.54, 1.807) is 0 Å². The van der Waals surface area contributed by atoms with E-state index in [4.69, 9.17) is 37.0 Å². The summed E-state index contributed by atoms with van der Waals surface area (Å²) in [5.41, 5.74) is 0. The minimum atomic E-state index is -5.02. The Bertz CT molecular complexity index is 2910. The Kier molecular flexibility index (Phi) is 73.7. The van der Waals surface area contributed by atoms with E-state index in [1.807, 2.05) is 36.5 Å². The lowest BCUT2D eigenvalue weighted by molar-refractivity contribution is -0.161. The third kappa shape index (κ3) is 77.5. The van der Waals surface area contributed by atoms with Crippen LogP contribution in [0.25, 0.3) is 0 Å². The van der Waals surface area contributed by atoms with Crippen LogP contribution in [0, 0.1) is 0 Å². The van der Waals surface area contributed by atoms with Crippen LogP contribution in [0.3, 0.4) is 0 Å². The molecule has 0 bridgehead atoms. The number of unbranched alkanes of at least 4 members (excludes halogenated alkanes) is 10. The van der Waals surface area contributed by atoms with Crippen molar-refractivity contribution in [2.75, 3.05) is 39.6 Å². The number of esters is 4. The molecular formula is C89H138O17P2. The van der Waals surface area contributed by atoms with Crippen molar-refractivity contribution in [3.05, 3.63) is 219 Å². The molecule has 0 heterocycles. The van der Waals surface area contributed by atoms with Gasteiger partial charge in [-0.15, -0.1) is 0 Å². The van der Waals surface area contributed by atoms with Crippen molar-refractivity contribution in [3.63, 3.8) is 0 Å². The van der Waals surface area contributed by atoms with Crippen LogP contribution >= 0.6 is 15.6 Å². The molecule has 108 heavy (non-hydrogen) atoms. The Morgan fingerprint density at radius 2 is 0.481 bits per heavy atom. The summed E-state index contributed by atoms with van der Waals surface area (Å²) >= 11 is 0. The van der Waals surface area contributed by atoms with Crippen molar-refractivity contribution in [1.29, 1.82) is 0 Å². The van der Waals surface area contributed by atoms with Crippen molar-refractivity contribution in [1.82, 2.24) is 0 Å². The molecule has 5 unspecified atom stereocenters. The minimum Gasteiger partial charge on any atom is -0.462 e. The highest BCUT2D eigenvalue weighted by molar-refractivity contribution is 7.47. The molecule has 0 saturated carbocycles. The molecule has 17 nitrogen and oxygen atoms in total. The third-order valence-corrected chi connectivity index (χ3v) is 17.3. The van der Waals surface area contributed by atoms with Crippen LogP contribution in [0.1, 0.15) is 259 Å². The SMILES string of the molecule is CC/C=C\C/C=C\C/C=C\C/C=C\C/C=C\C/C=C\CCC(=O)OCC(COP(=O)(O)OCC(O)COP(=O)(O)OCC(COC(=O)CCC/C=C\C/C=C\C/C=C\C/C=C\C/C=C\CC)OC(=O)CCCC/C=C\C/C=C\C/C=C\C/C=C\CC)OC(=O)CCCCCCCCC/C=C\C/C=C\C/C=C\CC. The van der Waals surface area contributed by atoms with Crippen molar-refractivity contribution in [2.45, 2.75) is 277 Å². The quantitative estimate of drug-likeness (QED) is 0.0169. The number of aliphatic hydroxyl groups excluding tert-OH is 1. The van der Waals surface area contributed by atoms with Gasteiger partial charge in [-0.25, -0.2) is 9.13 Å². The fourth-order valence-electron chi connectivity index (χ4n) is 9.52. The summed E-state index contributed by atoms with van der Waals surface area (Å²) in [7, 11) is -10.0. The molecule has 0 spiro atoms. The maximum absolute atomic E-state index is 13.1. The first-order valence-electron chi connectivity index (χ1n) is 40.0. The van der Waals surface area contributed by atoms with E-state index in [0.29, 0.717) is 44.9 Å². The fraction of sp³-hybridized carbons (Fsp3) is 0.551. The van der Waals surface area contributed by atoms with Gasteiger partial charge in [0.25, 0.3) is 0 Å². The van der Waals surface area contributed by atoms with Crippen LogP contribution in [0.15, 0.2) is 219 Å². The molecule has 0 aromatic carbocycles. The van der Waals surface area contributed by atoms with Gasteiger partial charge in [0.2, 0.25) is 0 Å². The average Bonchev–Trinajstić information content (AvgIpc) is 0.906. The van der Waals surface area contributed by atoms with Gasteiger partial charge < -0.3 is 33.8 Å². The Balaban J connectivity index is 5.56. The number of phosphoric ester groups is 2. The summed E-state index contributed by atoms with van der Waals surface area (Å²) in [5.74, 6) is -2.43. The predicted molar refractivity (Wildman–Crippen MR) is 445 cm³/mol. The molecule has 0 saturated heterocycles. The van der Waals surface area contributed by atoms with Gasteiger partial charge >= 0.3 is 39.5 Å². The Hall–Kier alpha value is -6.62. The van der Waals surface area contributed by atoms with Crippen LogP contribution in [0.5, 0.6) is 0 Å². The normalized spacial score (nSPS) is 15.0. The number of aliphatic hydroxyl groups is 1. The predicted octanol–water partition coefficient (Wildman–Crippen LogP) is 23.7. The molecule has 3 N–H and O–H groups in total. The first-order valence-corrected chi connectivity index (χ1v) is 43.0. The van der Waals surface area contributed by atoms with Crippen molar-refractivity contribution < 1.29 is 80.2 Å². The molecule has 0 aliphatic carbocycles. The first-order chi connectivity index (χ1) is 52.7. The Labute approximate surface area is 651 Å². The van der Waals surface area contributed by atoms with Gasteiger partial charge in [-0.2, -0.15) is 0 Å². The van der Waals surface area contributed by atoms with Gasteiger partial charge in [0.05, 0.1) is 26.4 Å². The fourth-order valence-corrected chi connectivity index (χ4v) is 11.1. The highest BCUT2D eigenvalue weighted by atomic mass is 31.2. The molecule has 19 heteroatoms. The van der Waals surface area contributed by atoms with Gasteiger partial charge in [0.1, 0.15) is 19.3 Å². The lowest BCUT2D eigenvalue weighted by Crippen LogP contribution is -2.30. The zero-order chi connectivity index (χ0) is 78.9. The van der Waals surface area contributed by atoms with E-state index >= 15 is 0 Å². The Morgan fingerprint density at radius 1 is 0.259 bits per heavy atom. The second-order valence-corrected chi connectivity index (χ2v) is 28.4.